The zero-order valence-electron chi connectivity index (χ0n) is 18.1. The van der Waals surface area contributed by atoms with E-state index in [9.17, 15) is 4.79 Å². The Hall–Kier alpha value is -3.26. The van der Waals surface area contributed by atoms with Crippen molar-refractivity contribution < 1.29 is 23.5 Å². The number of ether oxygens (including phenoxy) is 3. The average molecular weight is 458 g/mol. The van der Waals surface area contributed by atoms with Gasteiger partial charge in [-0.25, -0.2) is 0 Å². The predicted octanol–water partition coefficient (Wildman–Crippen LogP) is 4.44. The van der Waals surface area contributed by atoms with Crippen molar-refractivity contribution in [1.29, 1.82) is 0 Å². The van der Waals surface area contributed by atoms with Gasteiger partial charge in [0.1, 0.15) is 0 Å². The standard InChI is InChI=1S/C23H24ClN3O5/c1-29-18-11-15(12-19(30-2)20(18)31-3)21-25-22(32-26-21)14-7-6-10-27(13-14)23(28)16-8-4-5-9-17(16)24/h4-5,8-9,11-12,14H,6-7,10,13H2,1-3H3. The highest BCUT2D eigenvalue weighted by atomic mass is 35.5. The van der Waals surface area contributed by atoms with Crippen molar-refractivity contribution in [1.82, 2.24) is 15.0 Å². The van der Waals surface area contributed by atoms with Gasteiger partial charge in [-0.1, -0.05) is 28.9 Å². The maximum Gasteiger partial charge on any atom is 0.255 e. The molecule has 1 fully saturated rings. The molecular weight excluding hydrogens is 434 g/mol. The topological polar surface area (TPSA) is 86.9 Å². The lowest BCUT2D eigenvalue weighted by Crippen LogP contribution is -2.39. The van der Waals surface area contributed by atoms with Crippen LogP contribution in [0.4, 0.5) is 0 Å². The van der Waals surface area contributed by atoms with E-state index in [1.807, 2.05) is 6.07 Å². The molecule has 9 heteroatoms. The van der Waals surface area contributed by atoms with Crippen molar-refractivity contribution in [2.45, 2.75) is 18.8 Å². The third-order valence-corrected chi connectivity index (χ3v) is 5.86. The molecule has 3 aromatic rings. The van der Waals surface area contributed by atoms with Crippen LogP contribution in [0.2, 0.25) is 5.02 Å². The minimum atomic E-state index is -0.0929. The number of likely N-dealkylation sites (tertiary alicyclic amines) is 1. The Labute approximate surface area is 191 Å². The minimum Gasteiger partial charge on any atom is -0.493 e. The largest absolute Gasteiger partial charge is 0.493 e. The molecule has 0 saturated carbocycles. The first-order chi connectivity index (χ1) is 15.5. The van der Waals surface area contributed by atoms with Gasteiger partial charge in [-0.2, -0.15) is 4.98 Å². The molecule has 1 aliphatic heterocycles. The molecule has 2 aromatic carbocycles. The van der Waals surface area contributed by atoms with Gasteiger partial charge in [0.25, 0.3) is 5.91 Å². The van der Waals surface area contributed by atoms with E-state index in [4.69, 9.17) is 30.3 Å². The average Bonchev–Trinajstić information content (AvgIpc) is 3.33. The van der Waals surface area contributed by atoms with Gasteiger partial charge in [0.05, 0.1) is 37.8 Å². The van der Waals surface area contributed by atoms with Gasteiger partial charge in [0.15, 0.2) is 11.5 Å². The van der Waals surface area contributed by atoms with Crippen molar-refractivity contribution in [3.8, 4) is 28.6 Å². The number of nitrogens with zero attached hydrogens (tertiary/aromatic N) is 3. The Kier molecular flexibility index (Phi) is 6.50. The lowest BCUT2D eigenvalue weighted by Gasteiger charge is -2.31. The van der Waals surface area contributed by atoms with Crippen molar-refractivity contribution >= 4 is 17.5 Å². The highest BCUT2D eigenvalue weighted by molar-refractivity contribution is 6.33. The summed E-state index contributed by atoms with van der Waals surface area (Å²) in [6.45, 7) is 1.15. The van der Waals surface area contributed by atoms with Crippen LogP contribution in [0.15, 0.2) is 40.9 Å². The molecule has 4 rings (SSSR count). The number of benzene rings is 2. The van der Waals surface area contributed by atoms with Crippen LogP contribution in [-0.2, 0) is 0 Å². The van der Waals surface area contributed by atoms with Gasteiger partial charge < -0.3 is 23.6 Å². The van der Waals surface area contributed by atoms with Gasteiger partial charge in [0, 0.05) is 18.7 Å². The fourth-order valence-corrected chi connectivity index (χ4v) is 4.11. The summed E-state index contributed by atoms with van der Waals surface area (Å²) < 4.78 is 21.8. The summed E-state index contributed by atoms with van der Waals surface area (Å²) in [5.41, 5.74) is 1.17. The number of hydrogen-bond donors (Lipinski definition) is 0. The van der Waals surface area contributed by atoms with Crippen molar-refractivity contribution in [3.05, 3.63) is 52.9 Å². The molecule has 0 N–H and O–H groups in total. The summed E-state index contributed by atoms with van der Waals surface area (Å²) >= 11 is 6.22. The highest BCUT2D eigenvalue weighted by Crippen LogP contribution is 2.41. The van der Waals surface area contributed by atoms with E-state index in [2.05, 4.69) is 10.1 Å². The Balaban J connectivity index is 1.56. The van der Waals surface area contributed by atoms with Crippen LogP contribution >= 0.6 is 11.6 Å². The number of hydrogen-bond acceptors (Lipinski definition) is 7. The summed E-state index contributed by atoms with van der Waals surface area (Å²) in [4.78, 5) is 19.4. The van der Waals surface area contributed by atoms with Gasteiger partial charge in [-0.3, -0.25) is 4.79 Å². The maximum absolute atomic E-state index is 13.0. The van der Waals surface area contributed by atoms with Crippen LogP contribution in [0, 0.1) is 0 Å². The van der Waals surface area contributed by atoms with Crippen molar-refractivity contribution in [2.24, 2.45) is 0 Å². The molecule has 0 bridgehead atoms. The van der Waals surface area contributed by atoms with Crippen LogP contribution in [0.5, 0.6) is 17.2 Å². The Bertz CT molecular complexity index is 1090. The van der Waals surface area contributed by atoms with Crippen molar-refractivity contribution in [2.75, 3.05) is 34.4 Å². The number of amides is 1. The first kappa shape index (κ1) is 22.0. The summed E-state index contributed by atoms with van der Waals surface area (Å²) in [7, 11) is 4.65. The van der Waals surface area contributed by atoms with Crippen LogP contribution in [0.1, 0.15) is 35.0 Å². The van der Waals surface area contributed by atoms with E-state index >= 15 is 0 Å². The number of carbonyl (C=O) groups excluding carboxylic acids is 1. The van der Waals surface area contributed by atoms with E-state index in [1.54, 1.807) is 56.6 Å². The predicted molar refractivity (Wildman–Crippen MR) is 119 cm³/mol. The lowest BCUT2D eigenvalue weighted by atomic mass is 9.97. The SMILES string of the molecule is COc1cc(-c2noc(C3CCCN(C(=O)c4ccccc4Cl)C3)n2)cc(OC)c1OC. The van der Waals surface area contributed by atoms with Gasteiger partial charge in [0.2, 0.25) is 17.5 Å². The summed E-state index contributed by atoms with van der Waals surface area (Å²) in [6.07, 6.45) is 1.69. The number of halogens is 1. The third-order valence-electron chi connectivity index (χ3n) is 5.53. The molecule has 168 valence electrons. The van der Waals surface area contributed by atoms with Crippen LogP contribution in [-0.4, -0.2) is 55.4 Å². The second kappa shape index (κ2) is 9.48. The zero-order valence-corrected chi connectivity index (χ0v) is 18.9. The molecule has 0 spiro atoms. The van der Waals surface area contributed by atoms with Gasteiger partial charge >= 0.3 is 0 Å². The number of methoxy groups -OCH3 is 3. The van der Waals surface area contributed by atoms with Gasteiger partial charge in [-0.15, -0.1) is 0 Å². The first-order valence-electron chi connectivity index (χ1n) is 10.2. The molecule has 32 heavy (non-hydrogen) atoms. The summed E-state index contributed by atoms with van der Waals surface area (Å²) in [6, 6.07) is 10.6. The van der Waals surface area contributed by atoms with Gasteiger partial charge in [-0.05, 0) is 37.1 Å². The smallest absolute Gasteiger partial charge is 0.255 e. The molecule has 1 saturated heterocycles. The first-order valence-corrected chi connectivity index (χ1v) is 10.6. The number of aromatic nitrogens is 2. The molecule has 1 aliphatic rings. The monoisotopic (exact) mass is 457 g/mol. The third kappa shape index (κ3) is 4.23. The number of rotatable bonds is 6. The normalized spacial score (nSPS) is 16.0. The molecule has 8 nitrogen and oxygen atoms in total. The molecular formula is C23H24ClN3O5. The Morgan fingerprint density at radius 1 is 1.12 bits per heavy atom. The molecule has 1 amide bonds. The van der Waals surface area contributed by atoms with E-state index < -0.39 is 0 Å². The molecule has 0 radical (unpaired) electrons. The van der Waals surface area contributed by atoms with E-state index in [0.717, 1.165) is 12.8 Å². The maximum atomic E-state index is 13.0. The van der Waals surface area contributed by atoms with E-state index in [-0.39, 0.29) is 11.8 Å². The molecule has 1 aromatic heterocycles. The molecule has 1 atom stereocenters. The van der Waals surface area contributed by atoms with E-state index in [0.29, 0.717) is 58.2 Å². The molecule has 1 unspecified atom stereocenters. The molecule has 0 aliphatic carbocycles. The van der Waals surface area contributed by atoms with Crippen LogP contribution < -0.4 is 14.2 Å². The zero-order chi connectivity index (χ0) is 22.7. The fourth-order valence-electron chi connectivity index (χ4n) is 3.90. The summed E-state index contributed by atoms with van der Waals surface area (Å²) in [5, 5.41) is 4.59. The second-order valence-corrected chi connectivity index (χ2v) is 7.85. The van der Waals surface area contributed by atoms with Crippen LogP contribution in [0.25, 0.3) is 11.4 Å². The fraction of sp³-hybridized carbons (Fsp3) is 0.348. The molecule has 2 heterocycles. The number of piperidine rings is 1. The second-order valence-electron chi connectivity index (χ2n) is 7.44. The van der Waals surface area contributed by atoms with Crippen molar-refractivity contribution in [3.63, 3.8) is 0 Å². The lowest BCUT2D eigenvalue weighted by molar-refractivity contribution is 0.0696. The quantitative estimate of drug-likeness (QED) is 0.540. The Morgan fingerprint density at radius 2 is 1.84 bits per heavy atom. The minimum absolute atomic E-state index is 0.0570. The highest BCUT2D eigenvalue weighted by Gasteiger charge is 2.30. The van der Waals surface area contributed by atoms with E-state index in [1.165, 1.54) is 0 Å². The van der Waals surface area contributed by atoms with Crippen LogP contribution in [0.3, 0.4) is 0 Å². The Morgan fingerprint density at radius 3 is 2.50 bits per heavy atom. The number of carbonyl (C=O) groups is 1. The summed E-state index contributed by atoms with van der Waals surface area (Å²) in [5.74, 6) is 2.25.